The second-order valence-electron chi connectivity index (χ2n) is 8.34. The van der Waals surface area contributed by atoms with Crippen molar-refractivity contribution >= 4 is 16.9 Å². The third kappa shape index (κ3) is 5.81. The molecule has 1 aliphatic heterocycles. The Labute approximate surface area is 178 Å². The maximum Gasteiger partial charge on any atom is 0.323 e. The Morgan fingerprint density at radius 1 is 1.20 bits per heavy atom. The SMILES string of the molecule is CCCCCCCCC(C(=O)OCC)N1CCC(c2noc3cc(F)ccc23)CC1. The molecule has 6 heteroatoms. The Hall–Kier alpha value is -1.95. The highest BCUT2D eigenvalue weighted by Gasteiger charge is 2.32. The van der Waals surface area contributed by atoms with Gasteiger partial charge in [-0.15, -0.1) is 0 Å². The molecule has 1 aromatic heterocycles. The molecule has 30 heavy (non-hydrogen) atoms. The summed E-state index contributed by atoms with van der Waals surface area (Å²) >= 11 is 0. The van der Waals surface area contributed by atoms with Gasteiger partial charge in [0.25, 0.3) is 0 Å². The van der Waals surface area contributed by atoms with Gasteiger partial charge in [0.2, 0.25) is 0 Å². The summed E-state index contributed by atoms with van der Waals surface area (Å²) in [6.07, 6.45) is 9.97. The number of hydrogen-bond donors (Lipinski definition) is 0. The van der Waals surface area contributed by atoms with E-state index in [1.165, 1.54) is 44.2 Å². The van der Waals surface area contributed by atoms with Gasteiger partial charge >= 0.3 is 5.97 Å². The summed E-state index contributed by atoms with van der Waals surface area (Å²) in [6.45, 7) is 6.17. The molecule has 1 fully saturated rings. The van der Waals surface area contributed by atoms with Crippen LogP contribution in [0, 0.1) is 5.82 Å². The number of esters is 1. The molecule has 3 rings (SSSR count). The van der Waals surface area contributed by atoms with Crippen LogP contribution in [0.25, 0.3) is 11.0 Å². The topological polar surface area (TPSA) is 55.6 Å². The quantitative estimate of drug-likeness (QED) is 0.339. The Morgan fingerprint density at radius 2 is 1.93 bits per heavy atom. The number of rotatable bonds is 11. The number of benzene rings is 1. The summed E-state index contributed by atoms with van der Waals surface area (Å²) < 4.78 is 24.1. The molecule has 1 saturated heterocycles. The molecule has 2 aromatic rings. The lowest BCUT2D eigenvalue weighted by atomic mass is 9.90. The summed E-state index contributed by atoms with van der Waals surface area (Å²) in [5.74, 6) is -0.135. The standard InChI is InChI=1S/C24H35FN2O3/c1-3-5-6-7-8-9-10-21(24(28)29-4-2)27-15-13-18(14-16-27)23-20-12-11-19(25)17-22(20)30-26-23/h11-12,17-18,21H,3-10,13-16H2,1-2H3. The van der Waals surface area contributed by atoms with Crippen LogP contribution in [-0.4, -0.2) is 41.8 Å². The molecule has 2 heterocycles. The molecule has 0 amide bonds. The molecule has 166 valence electrons. The van der Waals surface area contributed by atoms with Crippen LogP contribution in [0.4, 0.5) is 4.39 Å². The van der Waals surface area contributed by atoms with Gasteiger partial charge in [-0.2, -0.15) is 0 Å². The van der Waals surface area contributed by atoms with Crippen molar-refractivity contribution in [1.29, 1.82) is 0 Å². The minimum atomic E-state index is -0.313. The van der Waals surface area contributed by atoms with Crippen molar-refractivity contribution in [3.05, 3.63) is 29.7 Å². The highest BCUT2D eigenvalue weighted by Crippen LogP contribution is 2.33. The van der Waals surface area contributed by atoms with Gasteiger partial charge in [-0.1, -0.05) is 50.6 Å². The smallest absolute Gasteiger partial charge is 0.323 e. The largest absolute Gasteiger partial charge is 0.465 e. The predicted molar refractivity (Wildman–Crippen MR) is 116 cm³/mol. The Balaban J connectivity index is 1.56. The molecule has 0 aliphatic carbocycles. The van der Waals surface area contributed by atoms with Gasteiger partial charge in [0.15, 0.2) is 5.58 Å². The lowest BCUT2D eigenvalue weighted by molar-refractivity contribution is -0.150. The Bertz CT molecular complexity index is 799. The monoisotopic (exact) mass is 418 g/mol. The van der Waals surface area contributed by atoms with Crippen LogP contribution in [0.1, 0.15) is 83.2 Å². The van der Waals surface area contributed by atoms with E-state index in [-0.39, 0.29) is 23.7 Å². The molecule has 1 aliphatic rings. The van der Waals surface area contributed by atoms with Gasteiger partial charge in [-0.25, -0.2) is 4.39 Å². The zero-order valence-electron chi connectivity index (χ0n) is 18.4. The first kappa shape index (κ1) is 22.7. The average Bonchev–Trinajstić information content (AvgIpc) is 3.16. The number of aromatic nitrogens is 1. The summed E-state index contributed by atoms with van der Waals surface area (Å²) in [6, 6.07) is 4.44. The van der Waals surface area contributed by atoms with Crippen molar-refractivity contribution in [2.24, 2.45) is 0 Å². The molecule has 1 atom stereocenters. The molecule has 1 unspecified atom stereocenters. The number of carbonyl (C=O) groups is 1. The van der Waals surface area contributed by atoms with Gasteiger partial charge in [-0.05, 0) is 51.4 Å². The van der Waals surface area contributed by atoms with Crippen molar-refractivity contribution < 1.29 is 18.4 Å². The molecule has 0 bridgehead atoms. The van der Waals surface area contributed by atoms with Crippen molar-refractivity contribution in [1.82, 2.24) is 10.1 Å². The van der Waals surface area contributed by atoms with Crippen molar-refractivity contribution in [2.75, 3.05) is 19.7 Å². The summed E-state index contributed by atoms with van der Waals surface area (Å²) in [7, 11) is 0. The van der Waals surface area contributed by atoms with Gasteiger partial charge in [0.05, 0.1) is 12.3 Å². The van der Waals surface area contributed by atoms with E-state index in [9.17, 15) is 9.18 Å². The lowest BCUT2D eigenvalue weighted by Crippen LogP contribution is -2.46. The lowest BCUT2D eigenvalue weighted by Gasteiger charge is -2.36. The zero-order valence-corrected chi connectivity index (χ0v) is 18.4. The van der Waals surface area contributed by atoms with Crippen LogP contribution in [0.15, 0.2) is 22.7 Å². The van der Waals surface area contributed by atoms with E-state index in [1.807, 2.05) is 6.92 Å². The van der Waals surface area contributed by atoms with Gasteiger partial charge in [0.1, 0.15) is 11.9 Å². The van der Waals surface area contributed by atoms with Crippen molar-refractivity contribution in [3.63, 3.8) is 0 Å². The molecule has 0 N–H and O–H groups in total. The molecule has 0 spiro atoms. The summed E-state index contributed by atoms with van der Waals surface area (Å²) in [4.78, 5) is 14.9. The molecular weight excluding hydrogens is 383 g/mol. The highest BCUT2D eigenvalue weighted by molar-refractivity contribution is 5.80. The third-order valence-corrected chi connectivity index (χ3v) is 6.21. The second-order valence-corrected chi connectivity index (χ2v) is 8.34. The number of unbranched alkanes of at least 4 members (excludes halogenated alkanes) is 5. The number of piperidine rings is 1. The fraction of sp³-hybridized carbons (Fsp3) is 0.667. The zero-order chi connectivity index (χ0) is 21.3. The normalized spacial score (nSPS) is 16.8. The van der Waals surface area contributed by atoms with Crippen LogP contribution in [0.5, 0.6) is 0 Å². The van der Waals surface area contributed by atoms with Crippen LogP contribution in [-0.2, 0) is 9.53 Å². The van der Waals surface area contributed by atoms with Crippen LogP contribution >= 0.6 is 0 Å². The van der Waals surface area contributed by atoms with Crippen molar-refractivity contribution in [3.8, 4) is 0 Å². The number of hydrogen-bond acceptors (Lipinski definition) is 5. The molecule has 0 saturated carbocycles. The van der Waals surface area contributed by atoms with Gasteiger partial charge < -0.3 is 9.26 Å². The number of halogens is 1. The van der Waals surface area contributed by atoms with E-state index >= 15 is 0 Å². The third-order valence-electron chi connectivity index (χ3n) is 6.21. The number of ether oxygens (including phenoxy) is 1. The Morgan fingerprint density at radius 3 is 2.67 bits per heavy atom. The van der Waals surface area contributed by atoms with Gasteiger partial charge in [-0.3, -0.25) is 9.69 Å². The van der Waals surface area contributed by atoms with E-state index < -0.39 is 0 Å². The van der Waals surface area contributed by atoms with E-state index in [4.69, 9.17) is 9.26 Å². The Kier molecular flexibility index (Phi) is 8.67. The molecule has 0 radical (unpaired) electrons. The first-order chi connectivity index (χ1) is 14.6. The first-order valence-electron chi connectivity index (χ1n) is 11.6. The van der Waals surface area contributed by atoms with Gasteiger partial charge in [0, 0.05) is 17.4 Å². The minimum Gasteiger partial charge on any atom is -0.465 e. The van der Waals surface area contributed by atoms with E-state index in [0.29, 0.717) is 12.2 Å². The van der Waals surface area contributed by atoms with E-state index in [0.717, 1.165) is 49.9 Å². The van der Waals surface area contributed by atoms with Crippen LogP contribution < -0.4 is 0 Å². The predicted octanol–water partition coefficient (Wildman–Crippen LogP) is 5.83. The molecular formula is C24H35FN2O3. The number of carbonyl (C=O) groups excluding carboxylic acids is 1. The highest BCUT2D eigenvalue weighted by atomic mass is 19.1. The van der Waals surface area contributed by atoms with Crippen LogP contribution in [0.2, 0.25) is 0 Å². The fourth-order valence-corrected chi connectivity index (χ4v) is 4.52. The first-order valence-corrected chi connectivity index (χ1v) is 11.6. The second kappa shape index (κ2) is 11.4. The summed E-state index contributed by atoms with van der Waals surface area (Å²) in [5, 5.41) is 5.12. The number of likely N-dealkylation sites (tertiary alicyclic amines) is 1. The van der Waals surface area contributed by atoms with Crippen LogP contribution in [0.3, 0.4) is 0 Å². The number of fused-ring (bicyclic) bond motifs is 1. The van der Waals surface area contributed by atoms with E-state index in [2.05, 4.69) is 17.0 Å². The maximum atomic E-state index is 13.4. The molecule has 5 nitrogen and oxygen atoms in total. The minimum absolute atomic E-state index is 0.0909. The maximum absolute atomic E-state index is 13.4. The average molecular weight is 419 g/mol. The molecule has 1 aromatic carbocycles. The summed E-state index contributed by atoms with van der Waals surface area (Å²) in [5.41, 5.74) is 1.41. The fourth-order valence-electron chi connectivity index (χ4n) is 4.52. The number of nitrogens with zero attached hydrogens (tertiary/aromatic N) is 2. The van der Waals surface area contributed by atoms with E-state index in [1.54, 1.807) is 6.07 Å². The van der Waals surface area contributed by atoms with Crippen molar-refractivity contribution in [2.45, 2.75) is 83.6 Å².